The zero-order valence-corrected chi connectivity index (χ0v) is 23.7. The number of carbonyl (C=O) groups is 1. The Balaban J connectivity index is 1.57. The molecule has 1 atom stereocenters. The van der Waals surface area contributed by atoms with Crippen LogP contribution < -0.4 is 20.3 Å². The van der Waals surface area contributed by atoms with Crippen molar-refractivity contribution in [3.63, 3.8) is 0 Å². The molecule has 1 heterocycles. The maximum absolute atomic E-state index is 13.3. The summed E-state index contributed by atoms with van der Waals surface area (Å²) in [5.41, 5.74) is 4.59. The first-order chi connectivity index (χ1) is 18.0. The largest absolute Gasteiger partial charge is 0.380 e. The van der Waals surface area contributed by atoms with E-state index in [1.54, 1.807) is 24.3 Å². The van der Waals surface area contributed by atoms with Gasteiger partial charge in [-0.3, -0.25) is 4.79 Å². The lowest BCUT2D eigenvalue weighted by Crippen LogP contribution is -2.43. The minimum absolute atomic E-state index is 0.231. The van der Waals surface area contributed by atoms with E-state index < -0.39 is 16.1 Å². The van der Waals surface area contributed by atoms with E-state index in [1.807, 2.05) is 63.2 Å². The fourth-order valence-corrected chi connectivity index (χ4v) is 6.17. The number of hydrogen-bond acceptors (Lipinski definition) is 5. The van der Waals surface area contributed by atoms with Crippen molar-refractivity contribution < 1.29 is 13.2 Å². The molecule has 4 rings (SSSR count). The molecule has 3 N–H and O–H groups in total. The maximum atomic E-state index is 13.3. The predicted molar refractivity (Wildman–Crippen MR) is 156 cm³/mol. The SMILES string of the molecule is CCc1ccc(S(=O)(=O)N[C@H]2CC(C)(C)Nc3ccc(C(=O)Nc4ccc(N(CC)CC)cc4)cc32)cc1. The van der Waals surface area contributed by atoms with Crippen molar-refractivity contribution in [3.05, 3.63) is 83.4 Å². The molecule has 1 aliphatic heterocycles. The van der Waals surface area contributed by atoms with Gasteiger partial charge in [0.15, 0.2) is 0 Å². The molecule has 38 heavy (non-hydrogen) atoms. The molecule has 0 aromatic heterocycles. The van der Waals surface area contributed by atoms with Crippen LogP contribution in [-0.4, -0.2) is 33.0 Å². The third-order valence-electron chi connectivity index (χ3n) is 7.07. The van der Waals surface area contributed by atoms with Gasteiger partial charge in [0.25, 0.3) is 5.91 Å². The van der Waals surface area contributed by atoms with Crippen molar-refractivity contribution in [3.8, 4) is 0 Å². The van der Waals surface area contributed by atoms with Crippen LogP contribution in [0.1, 0.15) is 68.6 Å². The molecule has 0 unspecified atom stereocenters. The van der Waals surface area contributed by atoms with Crippen LogP contribution in [-0.2, 0) is 16.4 Å². The van der Waals surface area contributed by atoms with Crippen molar-refractivity contribution in [1.82, 2.24) is 4.72 Å². The molecule has 0 saturated carbocycles. The van der Waals surface area contributed by atoms with Gasteiger partial charge in [0.05, 0.1) is 10.9 Å². The smallest absolute Gasteiger partial charge is 0.255 e. The van der Waals surface area contributed by atoms with E-state index in [2.05, 4.69) is 34.1 Å². The summed E-state index contributed by atoms with van der Waals surface area (Å²) in [5.74, 6) is -0.245. The molecule has 3 aromatic carbocycles. The van der Waals surface area contributed by atoms with Gasteiger partial charge >= 0.3 is 0 Å². The summed E-state index contributed by atoms with van der Waals surface area (Å²) in [6.07, 6.45) is 1.37. The van der Waals surface area contributed by atoms with Crippen LogP contribution >= 0.6 is 0 Å². The van der Waals surface area contributed by atoms with E-state index in [4.69, 9.17) is 0 Å². The highest BCUT2D eigenvalue weighted by Crippen LogP contribution is 2.39. The fraction of sp³-hybridized carbons (Fsp3) is 0.367. The van der Waals surface area contributed by atoms with Gasteiger partial charge in [0.2, 0.25) is 10.0 Å². The average molecular weight is 535 g/mol. The topological polar surface area (TPSA) is 90.5 Å². The highest BCUT2D eigenvalue weighted by atomic mass is 32.2. The molecule has 202 valence electrons. The zero-order valence-electron chi connectivity index (χ0n) is 22.8. The zero-order chi connectivity index (χ0) is 27.5. The number of sulfonamides is 1. The van der Waals surface area contributed by atoms with Gasteiger partial charge in [-0.2, -0.15) is 0 Å². The summed E-state index contributed by atoms with van der Waals surface area (Å²) in [4.78, 5) is 15.6. The van der Waals surface area contributed by atoms with Gasteiger partial charge < -0.3 is 15.5 Å². The first-order valence-electron chi connectivity index (χ1n) is 13.2. The van der Waals surface area contributed by atoms with E-state index >= 15 is 0 Å². The molecule has 7 nitrogen and oxygen atoms in total. The number of fused-ring (bicyclic) bond motifs is 1. The Hall–Kier alpha value is -3.36. The van der Waals surface area contributed by atoms with Crippen molar-refractivity contribution in [2.45, 2.75) is 63.9 Å². The van der Waals surface area contributed by atoms with E-state index in [-0.39, 0.29) is 16.3 Å². The number of carbonyl (C=O) groups excluding carboxylic acids is 1. The summed E-state index contributed by atoms with van der Waals surface area (Å²) < 4.78 is 29.5. The second kappa shape index (κ2) is 11.2. The normalized spacial score (nSPS) is 16.3. The molecule has 0 spiro atoms. The fourth-order valence-electron chi connectivity index (χ4n) is 4.95. The number of rotatable bonds is 9. The Morgan fingerprint density at radius 2 is 1.63 bits per heavy atom. The highest BCUT2D eigenvalue weighted by molar-refractivity contribution is 7.89. The molecule has 0 bridgehead atoms. The van der Waals surface area contributed by atoms with Gasteiger partial charge in [0, 0.05) is 41.3 Å². The molecule has 3 aromatic rings. The van der Waals surface area contributed by atoms with Gasteiger partial charge in [-0.15, -0.1) is 0 Å². The third-order valence-corrected chi connectivity index (χ3v) is 8.56. The van der Waals surface area contributed by atoms with Gasteiger partial charge in [-0.1, -0.05) is 19.1 Å². The van der Waals surface area contributed by atoms with Crippen molar-refractivity contribution in [2.24, 2.45) is 0 Å². The van der Waals surface area contributed by atoms with E-state index in [0.717, 1.165) is 42.0 Å². The molecule has 1 aliphatic rings. The number of amides is 1. The highest BCUT2D eigenvalue weighted by Gasteiger charge is 2.34. The second-order valence-corrected chi connectivity index (χ2v) is 12.1. The average Bonchev–Trinajstić information content (AvgIpc) is 2.89. The van der Waals surface area contributed by atoms with E-state index in [1.165, 1.54) is 0 Å². The molecule has 0 fully saturated rings. The van der Waals surface area contributed by atoms with Crippen molar-refractivity contribution in [2.75, 3.05) is 28.6 Å². The van der Waals surface area contributed by atoms with Crippen LogP contribution in [0, 0.1) is 0 Å². The number of nitrogens with one attached hydrogen (secondary N) is 3. The quantitative estimate of drug-likeness (QED) is 0.315. The van der Waals surface area contributed by atoms with Crippen LogP contribution in [0.25, 0.3) is 0 Å². The van der Waals surface area contributed by atoms with Gasteiger partial charge in [-0.05, 0) is 106 Å². The minimum atomic E-state index is -3.76. The number of anilines is 3. The van der Waals surface area contributed by atoms with E-state index in [0.29, 0.717) is 17.7 Å². The molecule has 0 saturated heterocycles. The Kier molecular flexibility index (Phi) is 8.13. The van der Waals surface area contributed by atoms with Crippen molar-refractivity contribution in [1.29, 1.82) is 0 Å². The molecular weight excluding hydrogens is 496 g/mol. The van der Waals surface area contributed by atoms with Crippen LogP contribution in [0.4, 0.5) is 17.1 Å². The number of nitrogens with zero attached hydrogens (tertiary/aromatic N) is 1. The summed E-state index contributed by atoms with van der Waals surface area (Å²) in [5, 5.41) is 6.45. The van der Waals surface area contributed by atoms with E-state index in [9.17, 15) is 13.2 Å². The second-order valence-electron chi connectivity index (χ2n) is 10.4. The van der Waals surface area contributed by atoms with Crippen LogP contribution in [0.5, 0.6) is 0 Å². The summed E-state index contributed by atoms with van der Waals surface area (Å²) >= 11 is 0. The number of benzene rings is 3. The van der Waals surface area contributed by atoms with Gasteiger partial charge in [-0.25, -0.2) is 13.1 Å². The first-order valence-corrected chi connectivity index (χ1v) is 14.7. The molecule has 8 heteroatoms. The lowest BCUT2D eigenvalue weighted by Gasteiger charge is -2.39. The lowest BCUT2D eigenvalue weighted by molar-refractivity contribution is 0.102. The van der Waals surface area contributed by atoms with Crippen LogP contribution in [0.3, 0.4) is 0 Å². The van der Waals surface area contributed by atoms with Gasteiger partial charge in [0.1, 0.15) is 0 Å². The monoisotopic (exact) mass is 534 g/mol. The Morgan fingerprint density at radius 1 is 0.974 bits per heavy atom. The Labute approximate surface area is 226 Å². The molecular formula is C30H38N4O3S. The minimum Gasteiger partial charge on any atom is -0.380 e. The third kappa shape index (κ3) is 6.19. The summed E-state index contributed by atoms with van der Waals surface area (Å²) in [7, 11) is -3.76. The molecule has 1 amide bonds. The first kappa shape index (κ1) is 27.7. The number of aryl methyl sites for hydroxylation is 1. The molecule has 0 aliphatic carbocycles. The van der Waals surface area contributed by atoms with Crippen molar-refractivity contribution >= 4 is 33.0 Å². The standard InChI is InChI=1S/C30H38N4O3S/c1-6-21-9-16-25(17-10-21)38(36,37)33-28-20-30(4,5)32-27-18-11-22(19-26(27)28)29(35)31-23-12-14-24(15-13-23)34(7-2)8-3/h9-19,28,32-33H,6-8,20H2,1-5H3,(H,31,35)/t28-/m0/s1. The Bertz CT molecular complexity index is 1380. The maximum Gasteiger partial charge on any atom is 0.255 e. The molecule has 0 radical (unpaired) electrons. The summed E-state index contributed by atoms with van der Waals surface area (Å²) in [6, 6.07) is 19.7. The number of hydrogen-bond donors (Lipinski definition) is 3. The Morgan fingerprint density at radius 3 is 2.24 bits per heavy atom. The predicted octanol–water partition coefficient (Wildman–Crippen LogP) is 5.96. The van der Waals surface area contributed by atoms with Crippen LogP contribution in [0.2, 0.25) is 0 Å². The lowest BCUT2D eigenvalue weighted by atomic mass is 9.85. The van der Waals surface area contributed by atoms with Crippen LogP contribution in [0.15, 0.2) is 71.6 Å². The summed E-state index contributed by atoms with van der Waals surface area (Å²) in [6.45, 7) is 12.2.